The number of hydrogen-bond acceptors (Lipinski definition) is 3. The number of aliphatic hydroxyl groups excluding tert-OH is 1. The zero-order valence-electron chi connectivity index (χ0n) is 21.3. The molecule has 0 bridgehead atoms. The summed E-state index contributed by atoms with van der Waals surface area (Å²) in [5.41, 5.74) is 4.99. The number of fused-ring (bicyclic) bond motifs is 1. The summed E-state index contributed by atoms with van der Waals surface area (Å²) in [6.07, 6.45) is 3.21. The Kier molecular flexibility index (Phi) is 9.78. The Hall–Kier alpha value is -2.29. The first-order valence-electron chi connectivity index (χ1n) is 11.0. The number of nitrogens with zero attached hydrogens (tertiary/aromatic N) is 1. The number of aryl methyl sites for hydroxylation is 3. The predicted molar refractivity (Wildman–Crippen MR) is 135 cm³/mol. The van der Waals surface area contributed by atoms with Gasteiger partial charge in [0.05, 0.1) is 0 Å². The molecule has 0 unspecified atom stereocenters. The van der Waals surface area contributed by atoms with Crippen LogP contribution in [0.5, 0.6) is 0 Å². The van der Waals surface area contributed by atoms with Gasteiger partial charge in [-0.15, -0.1) is 34.9 Å². The molecule has 1 radical (unpaired) electrons. The Labute approximate surface area is 212 Å². The maximum absolute atomic E-state index is 11.5. The van der Waals surface area contributed by atoms with Crippen molar-refractivity contribution in [3.63, 3.8) is 0 Å². The van der Waals surface area contributed by atoms with Gasteiger partial charge in [0.25, 0.3) is 0 Å². The number of aliphatic hydroxyl groups is 1. The number of carbonyl (C=O) groups excluding carboxylic acids is 1. The van der Waals surface area contributed by atoms with Gasteiger partial charge in [-0.05, 0) is 29.5 Å². The van der Waals surface area contributed by atoms with E-state index in [1.165, 1.54) is 28.0 Å². The Morgan fingerprint density at radius 1 is 0.939 bits per heavy atom. The second-order valence-electron chi connectivity index (χ2n) is 10.5. The van der Waals surface area contributed by atoms with Crippen molar-refractivity contribution in [2.24, 2.45) is 10.8 Å². The molecule has 1 N–H and O–H groups in total. The van der Waals surface area contributed by atoms with E-state index in [1.54, 1.807) is 0 Å². The van der Waals surface area contributed by atoms with Gasteiger partial charge in [-0.2, -0.15) is 0 Å². The molecule has 0 saturated carbocycles. The average Bonchev–Trinajstić information content (AvgIpc) is 2.68. The molecule has 3 nitrogen and oxygen atoms in total. The number of rotatable bonds is 2. The molecule has 1 aromatic heterocycles. The van der Waals surface area contributed by atoms with Crippen LogP contribution >= 0.6 is 0 Å². The molecule has 1 heterocycles. The van der Waals surface area contributed by atoms with Gasteiger partial charge in [0, 0.05) is 43.2 Å². The van der Waals surface area contributed by atoms with Crippen LogP contribution in [-0.4, -0.2) is 15.9 Å². The number of aromatic nitrogens is 1. The van der Waals surface area contributed by atoms with Crippen LogP contribution in [0.25, 0.3) is 22.0 Å². The second-order valence-corrected chi connectivity index (χ2v) is 10.5. The number of benzene rings is 2. The van der Waals surface area contributed by atoms with Crippen LogP contribution in [0.2, 0.25) is 0 Å². The molecule has 0 fully saturated rings. The first-order chi connectivity index (χ1) is 14.7. The van der Waals surface area contributed by atoms with Crippen molar-refractivity contribution >= 4 is 16.6 Å². The normalized spacial score (nSPS) is 12.0. The monoisotopic (exact) mass is 623 g/mol. The van der Waals surface area contributed by atoms with Gasteiger partial charge in [-0.1, -0.05) is 79.2 Å². The van der Waals surface area contributed by atoms with Gasteiger partial charge in [0.1, 0.15) is 5.76 Å². The molecule has 33 heavy (non-hydrogen) atoms. The van der Waals surface area contributed by atoms with Gasteiger partial charge in [0.15, 0.2) is 5.78 Å². The molecule has 0 aliphatic carbocycles. The van der Waals surface area contributed by atoms with Crippen LogP contribution in [0.1, 0.15) is 58.2 Å². The molecule has 0 amide bonds. The minimum Gasteiger partial charge on any atom is -0.512 e. The Morgan fingerprint density at radius 3 is 2.15 bits per heavy atom. The molecular weight excluding hydrogens is 587 g/mol. The van der Waals surface area contributed by atoms with Crippen molar-refractivity contribution in [3.05, 3.63) is 77.2 Å². The molecule has 0 aliphatic heterocycles. The smallest absolute Gasteiger partial charge is 0.164 e. The van der Waals surface area contributed by atoms with E-state index in [9.17, 15) is 9.90 Å². The third-order valence-electron chi connectivity index (χ3n) is 5.23. The standard InChI is InChI=1S/C18H16N.C11H20O2.Ir/c1-12-4-6-14(3)16(10-12)18-17-11-13(2)5-7-15(17)8-9-19-18;1-10(2,3)8(12)7-9(13)11(4,5)6;/h4-9,11H,1-3H3;7,12H,1-6H3;/q-1;;/b;8-7-;. The van der Waals surface area contributed by atoms with Crippen LogP contribution in [-0.2, 0) is 24.9 Å². The summed E-state index contributed by atoms with van der Waals surface area (Å²) in [5.74, 6) is 0.104. The molecule has 3 rings (SSSR count). The van der Waals surface area contributed by atoms with Gasteiger partial charge < -0.3 is 10.1 Å². The zero-order valence-corrected chi connectivity index (χ0v) is 23.6. The molecule has 179 valence electrons. The molecule has 0 aliphatic rings. The van der Waals surface area contributed by atoms with E-state index < -0.39 is 5.41 Å². The van der Waals surface area contributed by atoms with Crippen molar-refractivity contribution in [2.45, 2.75) is 62.3 Å². The average molecular weight is 623 g/mol. The molecular formula is C29H36IrNO2-. The number of carbonyl (C=O) groups is 1. The van der Waals surface area contributed by atoms with Crippen LogP contribution < -0.4 is 0 Å². The topological polar surface area (TPSA) is 50.2 Å². The maximum atomic E-state index is 11.5. The van der Waals surface area contributed by atoms with Crippen LogP contribution in [0.4, 0.5) is 0 Å². The SMILES string of the molecule is CC(C)(C)C(=O)/C=C(\O)C(C)(C)C.Cc1[c-]c(-c2nccc3ccc(C)cc23)c(C)cc1.[Ir]. The van der Waals surface area contributed by atoms with Gasteiger partial charge in [-0.3, -0.25) is 4.79 Å². The summed E-state index contributed by atoms with van der Waals surface area (Å²) >= 11 is 0. The van der Waals surface area contributed by atoms with Gasteiger partial charge in [0.2, 0.25) is 0 Å². The molecule has 0 saturated heterocycles. The van der Waals surface area contributed by atoms with E-state index in [0.29, 0.717) is 0 Å². The van der Waals surface area contributed by atoms with E-state index in [-0.39, 0.29) is 37.1 Å². The summed E-state index contributed by atoms with van der Waals surface area (Å²) in [6.45, 7) is 17.4. The Balaban J connectivity index is 0.000000346. The molecule has 2 aromatic carbocycles. The third kappa shape index (κ3) is 7.91. The maximum Gasteiger partial charge on any atom is 0.164 e. The minimum absolute atomic E-state index is 0. The van der Waals surface area contributed by atoms with E-state index in [1.807, 2.05) is 47.7 Å². The summed E-state index contributed by atoms with van der Waals surface area (Å²) in [5, 5.41) is 12.0. The largest absolute Gasteiger partial charge is 0.512 e. The van der Waals surface area contributed by atoms with Crippen molar-refractivity contribution in [2.75, 3.05) is 0 Å². The first-order valence-corrected chi connectivity index (χ1v) is 11.0. The summed E-state index contributed by atoms with van der Waals surface area (Å²) in [6, 6.07) is 16.2. The fourth-order valence-electron chi connectivity index (χ4n) is 2.96. The Bertz CT molecular complexity index is 1150. The van der Waals surface area contributed by atoms with Gasteiger partial charge >= 0.3 is 0 Å². The van der Waals surface area contributed by atoms with Crippen LogP contribution in [0.15, 0.2) is 54.4 Å². The third-order valence-corrected chi connectivity index (χ3v) is 5.23. The predicted octanol–water partition coefficient (Wildman–Crippen LogP) is 7.71. The Morgan fingerprint density at radius 2 is 1.58 bits per heavy atom. The fourth-order valence-corrected chi connectivity index (χ4v) is 2.96. The summed E-state index contributed by atoms with van der Waals surface area (Å²) in [4.78, 5) is 16.1. The van der Waals surface area contributed by atoms with Crippen molar-refractivity contribution in [1.29, 1.82) is 0 Å². The number of allylic oxidation sites excluding steroid dienone is 2. The quantitative estimate of drug-likeness (QED) is 0.181. The van der Waals surface area contributed by atoms with E-state index in [4.69, 9.17) is 0 Å². The summed E-state index contributed by atoms with van der Waals surface area (Å²) in [7, 11) is 0. The van der Waals surface area contributed by atoms with E-state index >= 15 is 0 Å². The number of ketones is 1. The molecule has 0 spiro atoms. The van der Waals surface area contributed by atoms with Crippen molar-refractivity contribution < 1.29 is 30.0 Å². The summed E-state index contributed by atoms with van der Waals surface area (Å²) < 4.78 is 0. The van der Waals surface area contributed by atoms with Crippen LogP contribution in [0.3, 0.4) is 0 Å². The zero-order chi connectivity index (χ0) is 24.3. The second kappa shape index (κ2) is 11.2. The molecule has 0 atom stereocenters. The van der Waals surface area contributed by atoms with Crippen molar-refractivity contribution in [1.82, 2.24) is 4.98 Å². The first kappa shape index (κ1) is 28.7. The number of pyridine rings is 1. The number of hydrogen-bond donors (Lipinski definition) is 1. The van der Waals surface area contributed by atoms with Crippen molar-refractivity contribution in [3.8, 4) is 11.3 Å². The molecule has 3 aromatic rings. The van der Waals surface area contributed by atoms with E-state index in [0.717, 1.165) is 16.8 Å². The van der Waals surface area contributed by atoms with Gasteiger partial charge in [-0.25, -0.2) is 0 Å². The van der Waals surface area contributed by atoms with E-state index in [2.05, 4.69) is 68.2 Å². The molecule has 4 heteroatoms. The minimum atomic E-state index is -0.417. The van der Waals surface area contributed by atoms with Crippen LogP contribution in [0, 0.1) is 37.7 Å². The fraction of sp³-hybridized carbons (Fsp3) is 0.379.